The van der Waals surface area contributed by atoms with Gasteiger partial charge >= 0.3 is 6.09 Å². The number of carbonyl (C=O) groups is 1. The van der Waals surface area contributed by atoms with Crippen molar-refractivity contribution in [2.45, 2.75) is 18.9 Å². The molecular formula is C6H13ClN2O2. The molecule has 3 N–H and O–H groups in total. The number of hydrogen-bond acceptors (Lipinski definition) is 2. The second-order valence-electron chi connectivity index (χ2n) is 2.47. The van der Waals surface area contributed by atoms with Crippen LogP contribution in [0.3, 0.4) is 0 Å². The molecule has 1 aliphatic heterocycles. The van der Waals surface area contributed by atoms with Gasteiger partial charge in [0.25, 0.3) is 0 Å². The minimum Gasteiger partial charge on any atom is -0.465 e. The molecule has 0 atom stereocenters. The fourth-order valence-corrected chi connectivity index (χ4v) is 1.14. The van der Waals surface area contributed by atoms with Gasteiger partial charge in [0.15, 0.2) is 0 Å². The van der Waals surface area contributed by atoms with E-state index in [0.29, 0.717) is 0 Å². The SMILES string of the molecule is Cl.O=C(O)NC1CCNCC1. The minimum absolute atomic E-state index is 0. The lowest BCUT2D eigenvalue weighted by Crippen LogP contribution is -2.42. The lowest BCUT2D eigenvalue weighted by molar-refractivity contribution is 0.186. The van der Waals surface area contributed by atoms with Gasteiger partial charge in [-0.3, -0.25) is 0 Å². The molecule has 4 nitrogen and oxygen atoms in total. The summed E-state index contributed by atoms with van der Waals surface area (Å²) in [5, 5.41) is 13.9. The number of hydrogen-bond donors (Lipinski definition) is 3. The van der Waals surface area contributed by atoms with Gasteiger partial charge in [0.1, 0.15) is 0 Å². The summed E-state index contributed by atoms with van der Waals surface area (Å²) in [5.74, 6) is 0. The lowest BCUT2D eigenvalue weighted by Gasteiger charge is -2.21. The zero-order valence-electron chi connectivity index (χ0n) is 6.17. The molecule has 1 saturated heterocycles. The fourth-order valence-electron chi connectivity index (χ4n) is 1.14. The van der Waals surface area contributed by atoms with Crippen molar-refractivity contribution >= 4 is 18.5 Å². The van der Waals surface area contributed by atoms with Crippen LogP contribution in [-0.2, 0) is 0 Å². The molecule has 1 amide bonds. The van der Waals surface area contributed by atoms with Crippen molar-refractivity contribution in [3.8, 4) is 0 Å². The van der Waals surface area contributed by atoms with Crippen LogP contribution in [0.25, 0.3) is 0 Å². The molecule has 5 heteroatoms. The largest absolute Gasteiger partial charge is 0.465 e. The van der Waals surface area contributed by atoms with Gasteiger partial charge in [0.2, 0.25) is 0 Å². The van der Waals surface area contributed by atoms with Gasteiger partial charge in [-0.1, -0.05) is 0 Å². The van der Waals surface area contributed by atoms with Gasteiger partial charge in [-0.2, -0.15) is 0 Å². The Kier molecular flexibility index (Phi) is 4.98. The average Bonchev–Trinajstić information content (AvgIpc) is 1.88. The van der Waals surface area contributed by atoms with Crippen LogP contribution in [-0.4, -0.2) is 30.3 Å². The summed E-state index contributed by atoms with van der Waals surface area (Å²) in [4.78, 5) is 10.1. The van der Waals surface area contributed by atoms with Crippen LogP contribution in [0.5, 0.6) is 0 Å². The summed E-state index contributed by atoms with van der Waals surface area (Å²) in [7, 11) is 0. The summed E-state index contributed by atoms with van der Waals surface area (Å²) >= 11 is 0. The summed E-state index contributed by atoms with van der Waals surface area (Å²) in [6.45, 7) is 1.84. The maximum absolute atomic E-state index is 10.1. The topological polar surface area (TPSA) is 61.4 Å². The van der Waals surface area contributed by atoms with Crippen LogP contribution in [0, 0.1) is 0 Å². The molecule has 1 heterocycles. The third-order valence-electron chi connectivity index (χ3n) is 1.67. The van der Waals surface area contributed by atoms with Gasteiger partial charge in [-0.25, -0.2) is 4.79 Å². The molecule has 0 bridgehead atoms. The van der Waals surface area contributed by atoms with E-state index in [0.717, 1.165) is 25.9 Å². The highest BCUT2D eigenvalue weighted by molar-refractivity contribution is 5.85. The third-order valence-corrected chi connectivity index (χ3v) is 1.67. The number of amides is 1. The standard InChI is InChI=1S/C6H12N2O2.ClH/c9-6(10)8-5-1-3-7-4-2-5;/h5,7-8H,1-4H2,(H,9,10);1H. The summed E-state index contributed by atoms with van der Waals surface area (Å²) < 4.78 is 0. The number of nitrogens with one attached hydrogen (secondary N) is 2. The van der Waals surface area contributed by atoms with Crippen molar-refractivity contribution < 1.29 is 9.90 Å². The zero-order chi connectivity index (χ0) is 7.40. The Morgan fingerprint density at radius 1 is 1.45 bits per heavy atom. The fraction of sp³-hybridized carbons (Fsp3) is 0.833. The van der Waals surface area contributed by atoms with E-state index in [1.54, 1.807) is 0 Å². The number of piperidine rings is 1. The van der Waals surface area contributed by atoms with E-state index in [-0.39, 0.29) is 18.4 Å². The van der Waals surface area contributed by atoms with Crippen molar-refractivity contribution in [2.75, 3.05) is 13.1 Å². The molecule has 11 heavy (non-hydrogen) atoms. The molecule has 0 aromatic heterocycles. The van der Waals surface area contributed by atoms with E-state index in [1.807, 2.05) is 0 Å². The van der Waals surface area contributed by atoms with Gasteiger partial charge in [0.05, 0.1) is 0 Å². The van der Waals surface area contributed by atoms with E-state index in [1.165, 1.54) is 0 Å². The Labute approximate surface area is 71.8 Å². The molecule has 0 radical (unpaired) electrons. The van der Waals surface area contributed by atoms with Gasteiger partial charge in [-0.15, -0.1) is 12.4 Å². The molecule has 0 spiro atoms. The van der Waals surface area contributed by atoms with E-state index >= 15 is 0 Å². The Balaban J connectivity index is 0.000001000. The highest BCUT2D eigenvalue weighted by atomic mass is 35.5. The van der Waals surface area contributed by atoms with Crippen LogP contribution in [0.1, 0.15) is 12.8 Å². The van der Waals surface area contributed by atoms with Crippen molar-refractivity contribution in [1.82, 2.24) is 10.6 Å². The minimum atomic E-state index is -0.910. The van der Waals surface area contributed by atoms with Crippen molar-refractivity contribution in [1.29, 1.82) is 0 Å². The number of halogens is 1. The predicted octanol–water partition coefficient (Wildman–Crippen LogP) is 0.428. The Bertz CT molecular complexity index is 126. The highest BCUT2D eigenvalue weighted by Crippen LogP contribution is 2.00. The van der Waals surface area contributed by atoms with E-state index < -0.39 is 6.09 Å². The molecule has 0 unspecified atom stereocenters. The molecule has 1 aliphatic rings. The number of carboxylic acid groups (broad SMARTS) is 1. The van der Waals surface area contributed by atoms with Crippen molar-refractivity contribution in [3.05, 3.63) is 0 Å². The van der Waals surface area contributed by atoms with Crippen LogP contribution >= 0.6 is 12.4 Å². The smallest absolute Gasteiger partial charge is 0.404 e. The first-order valence-electron chi connectivity index (χ1n) is 3.49. The highest BCUT2D eigenvalue weighted by Gasteiger charge is 2.13. The van der Waals surface area contributed by atoms with Crippen molar-refractivity contribution in [2.24, 2.45) is 0 Å². The summed E-state index contributed by atoms with van der Waals surface area (Å²) in [5.41, 5.74) is 0. The third kappa shape index (κ3) is 4.06. The predicted molar refractivity (Wildman–Crippen MR) is 44.3 cm³/mol. The zero-order valence-corrected chi connectivity index (χ0v) is 6.99. The summed E-state index contributed by atoms with van der Waals surface area (Å²) in [6.07, 6.45) is 0.908. The first-order valence-corrected chi connectivity index (χ1v) is 3.49. The molecule has 0 aliphatic carbocycles. The van der Waals surface area contributed by atoms with Crippen molar-refractivity contribution in [3.63, 3.8) is 0 Å². The van der Waals surface area contributed by atoms with E-state index in [4.69, 9.17) is 5.11 Å². The van der Waals surface area contributed by atoms with E-state index in [9.17, 15) is 4.79 Å². The van der Waals surface area contributed by atoms with Crippen LogP contribution in [0.2, 0.25) is 0 Å². The Morgan fingerprint density at radius 2 is 2.00 bits per heavy atom. The Hall–Kier alpha value is -0.480. The Morgan fingerprint density at radius 3 is 2.45 bits per heavy atom. The normalized spacial score (nSPS) is 18.5. The van der Waals surface area contributed by atoms with Crippen LogP contribution in [0.4, 0.5) is 4.79 Å². The van der Waals surface area contributed by atoms with Crippen LogP contribution in [0.15, 0.2) is 0 Å². The van der Waals surface area contributed by atoms with Gasteiger partial charge in [-0.05, 0) is 25.9 Å². The molecule has 0 saturated carbocycles. The van der Waals surface area contributed by atoms with Gasteiger partial charge < -0.3 is 15.7 Å². The molecule has 1 fully saturated rings. The first kappa shape index (κ1) is 10.5. The molecule has 66 valence electrons. The molecule has 1 rings (SSSR count). The average molecular weight is 181 g/mol. The van der Waals surface area contributed by atoms with Crippen LogP contribution < -0.4 is 10.6 Å². The maximum atomic E-state index is 10.1. The monoisotopic (exact) mass is 180 g/mol. The lowest BCUT2D eigenvalue weighted by atomic mass is 10.1. The second-order valence-corrected chi connectivity index (χ2v) is 2.47. The molecule has 0 aromatic rings. The quantitative estimate of drug-likeness (QED) is 0.549. The molecule has 0 aromatic carbocycles. The van der Waals surface area contributed by atoms with Gasteiger partial charge in [0, 0.05) is 6.04 Å². The second kappa shape index (κ2) is 5.21. The number of rotatable bonds is 1. The van der Waals surface area contributed by atoms with E-state index in [2.05, 4.69) is 10.6 Å². The summed E-state index contributed by atoms with van der Waals surface area (Å²) in [6, 6.07) is 0.166. The first-order chi connectivity index (χ1) is 4.79. The maximum Gasteiger partial charge on any atom is 0.404 e. The molecular weight excluding hydrogens is 168 g/mol.